The Labute approximate surface area is 118 Å². The van der Waals surface area contributed by atoms with E-state index in [1.165, 1.54) is 16.5 Å². The lowest BCUT2D eigenvalue weighted by Gasteiger charge is -2.27. The van der Waals surface area contributed by atoms with E-state index in [2.05, 4.69) is 59.5 Å². The zero-order valence-corrected chi connectivity index (χ0v) is 12.7. The molecular weight excluding hydrogens is 290 g/mol. The molecule has 3 atom stereocenters. The molecule has 3 unspecified atom stereocenters. The van der Waals surface area contributed by atoms with Crippen LogP contribution in [0.2, 0.25) is 0 Å². The first kappa shape index (κ1) is 14.0. The van der Waals surface area contributed by atoms with E-state index < -0.39 is 0 Å². The molecule has 0 bridgehead atoms. The van der Waals surface area contributed by atoms with Gasteiger partial charge in [0.05, 0.1) is 6.10 Å². The van der Waals surface area contributed by atoms with Gasteiger partial charge in [-0.3, -0.25) is 0 Å². The molecule has 1 aromatic carbocycles. The Balaban J connectivity index is 2.07. The van der Waals surface area contributed by atoms with E-state index in [1.807, 2.05) is 0 Å². The summed E-state index contributed by atoms with van der Waals surface area (Å²) in [5.41, 5.74) is 1.37. The summed E-state index contributed by atoms with van der Waals surface area (Å²) >= 11 is 3.64. The summed E-state index contributed by atoms with van der Waals surface area (Å²) in [5, 5.41) is 3.48. The zero-order valence-electron chi connectivity index (χ0n) is 11.2. The minimum atomic E-state index is 0.421. The van der Waals surface area contributed by atoms with Gasteiger partial charge in [0, 0.05) is 23.0 Å². The van der Waals surface area contributed by atoms with E-state index in [9.17, 15) is 0 Å². The average Bonchev–Trinajstić information content (AvgIpc) is 2.86. The van der Waals surface area contributed by atoms with Crippen LogP contribution in [0.1, 0.15) is 25.3 Å². The van der Waals surface area contributed by atoms with Gasteiger partial charge in [-0.15, -0.1) is 0 Å². The average molecular weight is 312 g/mol. The van der Waals surface area contributed by atoms with Gasteiger partial charge in [0.25, 0.3) is 0 Å². The molecule has 1 aromatic rings. The maximum Gasteiger partial charge on any atom is 0.0616 e. The number of hydrogen-bond acceptors (Lipinski definition) is 2. The van der Waals surface area contributed by atoms with Gasteiger partial charge in [0.1, 0.15) is 0 Å². The Morgan fingerprint density at radius 1 is 1.44 bits per heavy atom. The topological polar surface area (TPSA) is 21.3 Å². The highest BCUT2D eigenvalue weighted by Crippen LogP contribution is 2.29. The second kappa shape index (κ2) is 6.69. The molecular formula is C15H22BrNO. The Kier molecular flexibility index (Phi) is 5.22. The summed E-state index contributed by atoms with van der Waals surface area (Å²) < 4.78 is 7.02. The van der Waals surface area contributed by atoms with Crippen molar-refractivity contribution in [3.8, 4) is 0 Å². The van der Waals surface area contributed by atoms with Crippen LogP contribution in [0.5, 0.6) is 0 Å². The fourth-order valence-corrected chi connectivity index (χ4v) is 3.36. The van der Waals surface area contributed by atoms with Crippen LogP contribution >= 0.6 is 15.9 Å². The molecule has 0 aromatic heterocycles. The number of benzene rings is 1. The first-order valence-corrected chi connectivity index (χ1v) is 7.57. The summed E-state index contributed by atoms with van der Waals surface area (Å²) in [4.78, 5) is 0. The smallest absolute Gasteiger partial charge is 0.0616 e. The Morgan fingerprint density at radius 3 is 2.89 bits per heavy atom. The molecule has 3 heteroatoms. The molecule has 1 N–H and O–H groups in total. The Hall–Kier alpha value is -0.380. The van der Waals surface area contributed by atoms with E-state index in [-0.39, 0.29) is 0 Å². The molecule has 18 heavy (non-hydrogen) atoms. The summed E-state index contributed by atoms with van der Waals surface area (Å²) in [6, 6.07) is 8.98. The quantitative estimate of drug-likeness (QED) is 0.900. The van der Waals surface area contributed by atoms with E-state index in [0.717, 1.165) is 19.4 Å². The van der Waals surface area contributed by atoms with Crippen molar-refractivity contribution in [1.82, 2.24) is 5.32 Å². The van der Waals surface area contributed by atoms with Crippen LogP contribution in [0.15, 0.2) is 28.7 Å². The molecule has 1 aliphatic rings. The van der Waals surface area contributed by atoms with Crippen LogP contribution in [-0.2, 0) is 11.2 Å². The van der Waals surface area contributed by atoms with E-state index in [4.69, 9.17) is 4.74 Å². The third-order valence-corrected chi connectivity index (χ3v) is 4.72. The van der Waals surface area contributed by atoms with Gasteiger partial charge in [0.15, 0.2) is 0 Å². The second-order valence-corrected chi connectivity index (χ2v) is 5.82. The van der Waals surface area contributed by atoms with Crippen LogP contribution in [-0.4, -0.2) is 25.8 Å². The lowest BCUT2D eigenvalue weighted by molar-refractivity contribution is 0.0783. The van der Waals surface area contributed by atoms with E-state index in [1.54, 1.807) is 0 Å². The monoisotopic (exact) mass is 311 g/mol. The van der Waals surface area contributed by atoms with Gasteiger partial charge >= 0.3 is 0 Å². The summed E-state index contributed by atoms with van der Waals surface area (Å²) in [7, 11) is 2.06. The largest absolute Gasteiger partial charge is 0.378 e. The van der Waals surface area contributed by atoms with E-state index >= 15 is 0 Å². The predicted molar refractivity (Wildman–Crippen MR) is 78.8 cm³/mol. The first-order valence-electron chi connectivity index (χ1n) is 6.78. The summed E-state index contributed by atoms with van der Waals surface area (Å²) in [5.74, 6) is 0.632. The Morgan fingerprint density at radius 2 is 2.22 bits per heavy atom. The first-order chi connectivity index (χ1) is 8.76. The molecule has 1 saturated heterocycles. The lowest BCUT2D eigenvalue weighted by atomic mass is 9.87. The van der Waals surface area contributed by atoms with Crippen molar-refractivity contribution in [2.45, 2.75) is 38.3 Å². The molecule has 1 aliphatic heterocycles. The van der Waals surface area contributed by atoms with Crippen LogP contribution in [0, 0.1) is 5.92 Å². The number of ether oxygens (including phenoxy) is 1. The molecule has 2 rings (SSSR count). The lowest BCUT2D eigenvalue weighted by Crippen LogP contribution is -2.39. The zero-order chi connectivity index (χ0) is 13.0. The maximum absolute atomic E-state index is 5.81. The van der Waals surface area contributed by atoms with Crippen molar-refractivity contribution in [3.05, 3.63) is 34.3 Å². The highest BCUT2D eigenvalue weighted by molar-refractivity contribution is 9.10. The summed E-state index contributed by atoms with van der Waals surface area (Å²) in [6.45, 7) is 3.13. The minimum absolute atomic E-state index is 0.421. The molecule has 2 nitrogen and oxygen atoms in total. The molecule has 0 radical (unpaired) electrons. The van der Waals surface area contributed by atoms with Gasteiger partial charge < -0.3 is 10.1 Å². The molecule has 100 valence electrons. The van der Waals surface area contributed by atoms with Crippen molar-refractivity contribution in [2.24, 2.45) is 5.92 Å². The number of rotatable bonds is 5. The van der Waals surface area contributed by atoms with Gasteiger partial charge in [-0.2, -0.15) is 0 Å². The highest BCUT2D eigenvalue weighted by Gasteiger charge is 2.32. The third-order valence-electron chi connectivity index (χ3n) is 3.95. The van der Waals surface area contributed by atoms with Gasteiger partial charge in [-0.05, 0) is 37.9 Å². The fraction of sp³-hybridized carbons (Fsp3) is 0.600. The molecule has 0 saturated carbocycles. The predicted octanol–water partition coefficient (Wildman–Crippen LogP) is 3.39. The fourth-order valence-electron chi connectivity index (χ4n) is 2.91. The Bertz CT molecular complexity index is 383. The van der Waals surface area contributed by atoms with Crippen LogP contribution < -0.4 is 5.32 Å². The van der Waals surface area contributed by atoms with Gasteiger partial charge in [-0.25, -0.2) is 0 Å². The SMILES string of the molecule is CCC1OCCC1C(Cc1ccccc1Br)NC. The normalized spacial score (nSPS) is 25.3. The van der Waals surface area contributed by atoms with Gasteiger partial charge in [-0.1, -0.05) is 41.1 Å². The third kappa shape index (κ3) is 3.14. The number of hydrogen-bond donors (Lipinski definition) is 1. The van der Waals surface area contributed by atoms with Crippen molar-refractivity contribution >= 4 is 15.9 Å². The van der Waals surface area contributed by atoms with Crippen LogP contribution in [0.3, 0.4) is 0 Å². The molecule has 1 fully saturated rings. The standard InChI is InChI=1S/C15H22BrNO/c1-3-15-12(8-9-18-15)14(17-2)10-11-6-4-5-7-13(11)16/h4-7,12,14-15,17H,3,8-10H2,1-2H3. The molecule has 0 spiro atoms. The van der Waals surface area contributed by atoms with Crippen molar-refractivity contribution < 1.29 is 4.74 Å². The highest BCUT2D eigenvalue weighted by atomic mass is 79.9. The number of halogens is 1. The van der Waals surface area contributed by atoms with Gasteiger partial charge in [0.2, 0.25) is 0 Å². The second-order valence-electron chi connectivity index (χ2n) is 4.96. The molecule has 0 amide bonds. The van der Waals surface area contributed by atoms with Crippen molar-refractivity contribution in [3.63, 3.8) is 0 Å². The van der Waals surface area contributed by atoms with Crippen LogP contribution in [0.25, 0.3) is 0 Å². The van der Waals surface area contributed by atoms with Crippen LogP contribution in [0.4, 0.5) is 0 Å². The minimum Gasteiger partial charge on any atom is -0.378 e. The number of likely N-dealkylation sites (N-methyl/N-ethyl adjacent to an activating group) is 1. The van der Waals surface area contributed by atoms with Crippen molar-refractivity contribution in [1.29, 1.82) is 0 Å². The van der Waals surface area contributed by atoms with Crippen molar-refractivity contribution in [2.75, 3.05) is 13.7 Å². The maximum atomic E-state index is 5.81. The van der Waals surface area contributed by atoms with E-state index in [0.29, 0.717) is 18.1 Å². The summed E-state index contributed by atoms with van der Waals surface area (Å²) in [6.07, 6.45) is 3.76. The molecule has 0 aliphatic carbocycles. The molecule has 1 heterocycles. The number of nitrogens with one attached hydrogen (secondary N) is 1.